The maximum atomic E-state index is 14.8. The minimum atomic E-state index is -4.76. The zero-order valence-electron chi connectivity index (χ0n) is 17.7. The minimum absolute atomic E-state index is 0.232. The molecule has 0 saturated carbocycles. The van der Waals surface area contributed by atoms with E-state index in [9.17, 15) is 30.7 Å². The van der Waals surface area contributed by atoms with Gasteiger partial charge in [0.1, 0.15) is 23.3 Å². The number of alkyl halides is 3. The Morgan fingerprint density at radius 2 is 1.24 bits per heavy atom. The number of aryl methyl sites for hydroxylation is 1. The van der Waals surface area contributed by atoms with E-state index >= 15 is 0 Å². The number of hydrogen-bond donors (Lipinski definition) is 0. The summed E-state index contributed by atoms with van der Waals surface area (Å²) in [5, 5.41) is 0. The van der Waals surface area contributed by atoms with Gasteiger partial charge in [-0.15, -0.1) is 0 Å². The van der Waals surface area contributed by atoms with Crippen LogP contribution in [0.3, 0.4) is 0 Å². The largest absolute Gasteiger partial charge is 0.409 e. The van der Waals surface area contributed by atoms with Gasteiger partial charge in [-0.2, -0.15) is 13.2 Å². The van der Waals surface area contributed by atoms with Gasteiger partial charge >= 0.3 is 6.18 Å². The highest BCUT2D eigenvalue weighted by atomic mass is 19.4. The van der Waals surface area contributed by atoms with Crippen molar-refractivity contribution in [1.82, 2.24) is 0 Å². The van der Waals surface area contributed by atoms with E-state index in [2.05, 4.69) is 6.92 Å². The van der Waals surface area contributed by atoms with Crippen LogP contribution >= 0.6 is 0 Å². The third kappa shape index (κ3) is 6.24. The topological polar surface area (TPSA) is 0 Å². The fourth-order valence-corrected chi connectivity index (χ4v) is 3.52. The van der Waals surface area contributed by atoms with E-state index in [-0.39, 0.29) is 17.7 Å². The molecule has 0 nitrogen and oxygen atoms in total. The van der Waals surface area contributed by atoms with Gasteiger partial charge in [0.05, 0.1) is 5.56 Å². The van der Waals surface area contributed by atoms with Crippen LogP contribution in [0.2, 0.25) is 0 Å². The first kappa shape index (κ1) is 24.6. The predicted octanol–water partition coefficient (Wildman–Crippen LogP) is 8.89. The van der Waals surface area contributed by atoms with Crippen LogP contribution in [0.4, 0.5) is 30.7 Å². The smallest absolute Gasteiger partial charge is 0.206 e. The molecule has 3 aromatic carbocycles. The third-order valence-electron chi connectivity index (χ3n) is 5.21. The Balaban J connectivity index is 1.91. The molecule has 0 heterocycles. The summed E-state index contributed by atoms with van der Waals surface area (Å²) in [6.45, 7) is 2.11. The Labute approximate surface area is 187 Å². The average molecular weight is 466 g/mol. The van der Waals surface area contributed by atoms with Gasteiger partial charge < -0.3 is 0 Å². The first-order chi connectivity index (χ1) is 15.6. The van der Waals surface area contributed by atoms with Gasteiger partial charge in [-0.3, -0.25) is 0 Å². The van der Waals surface area contributed by atoms with Gasteiger partial charge in [0, 0.05) is 11.6 Å². The second kappa shape index (κ2) is 10.2. The SMILES string of the molecule is CCCCCc1ccc(-c2cc(F)c(-c3cc(F)c(C=CC(F)(F)F)c(F)c3)c(F)c2)cc1. The normalized spacial score (nSPS) is 12.0. The molecule has 0 aliphatic carbocycles. The van der Waals surface area contributed by atoms with Crippen molar-refractivity contribution in [3.63, 3.8) is 0 Å². The van der Waals surface area contributed by atoms with Gasteiger partial charge in [0.25, 0.3) is 0 Å². The molecule has 174 valence electrons. The van der Waals surface area contributed by atoms with Crippen molar-refractivity contribution in [3.8, 4) is 22.3 Å². The summed E-state index contributed by atoms with van der Waals surface area (Å²) in [6.07, 6.45) is -0.689. The van der Waals surface area contributed by atoms with Crippen LogP contribution < -0.4 is 0 Å². The lowest BCUT2D eigenvalue weighted by Crippen LogP contribution is -2.01. The van der Waals surface area contributed by atoms with Crippen LogP contribution in [0.1, 0.15) is 37.3 Å². The average Bonchev–Trinajstić information content (AvgIpc) is 2.72. The number of allylic oxidation sites excluding steroid dienone is 1. The highest BCUT2D eigenvalue weighted by molar-refractivity contribution is 5.73. The number of halogens is 7. The van der Waals surface area contributed by atoms with Crippen LogP contribution in [0.15, 0.2) is 54.6 Å². The Kier molecular flexibility index (Phi) is 7.61. The summed E-state index contributed by atoms with van der Waals surface area (Å²) in [6, 6.07) is 10.6. The standard InChI is InChI=1S/C26H21F7/c1-2-3-4-5-16-6-8-17(9-7-16)18-12-23(29)25(24(30)13-18)19-14-21(27)20(22(28)15-19)10-11-26(31,32)33/h6-15H,2-5H2,1H3. The number of hydrogen-bond acceptors (Lipinski definition) is 0. The van der Waals surface area contributed by atoms with E-state index in [4.69, 9.17) is 0 Å². The molecule has 0 radical (unpaired) electrons. The third-order valence-corrected chi connectivity index (χ3v) is 5.21. The molecular formula is C26H21F7. The quantitative estimate of drug-likeness (QED) is 0.241. The monoisotopic (exact) mass is 466 g/mol. The Bertz CT molecular complexity index is 1100. The Morgan fingerprint density at radius 3 is 1.76 bits per heavy atom. The lowest BCUT2D eigenvalue weighted by molar-refractivity contribution is -0.0790. The number of rotatable bonds is 7. The predicted molar refractivity (Wildman–Crippen MR) is 115 cm³/mol. The zero-order valence-corrected chi connectivity index (χ0v) is 17.7. The molecule has 3 rings (SSSR count). The van der Waals surface area contributed by atoms with Gasteiger partial charge in [0.15, 0.2) is 0 Å². The summed E-state index contributed by atoms with van der Waals surface area (Å²) < 4.78 is 94.9. The number of benzene rings is 3. The fourth-order valence-electron chi connectivity index (χ4n) is 3.52. The molecule has 0 N–H and O–H groups in total. The highest BCUT2D eigenvalue weighted by Gasteiger charge is 2.23. The van der Waals surface area contributed by atoms with Gasteiger partial charge in [0.2, 0.25) is 0 Å². The molecule has 0 atom stereocenters. The van der Waals surface area contributed by atoms with Crippen molar-refractivity contribution in [2.75, 3.05) is 0 Å². The first-order valence-electron chi connectivity index (χ1n) is 10.4. The van der Waals surface area contributed by atoms with Crippen molar-refractivity contribution in [2.24, 2.45) is 0 Å². The van der Waals surface area contributed by atoms with Crippen molar-refractivity contribution >= 4 is 6.08 Å². The minimum Gasteiger partial charge on any atom is -0.206 e. The lowest BCUT2D eigenvalue weighted by atomic mass is 9.96. The van der Waals surface area contributed by atoms with Crippen LogP contribution in [0.25, 0.3) is 28.3 Å². The summed E-state index contributed by atoms with van der Waals surface area (Å²) in [7, 11) is 0. The maximum Gasteiger partial charge on any atom is 0.409 e. The zero-order chi connectivity index (χ0) is 24.2. The molecule has 0 aliphatic rings. The summed E-state index contributed by atoms with van der Waals surface area (Å²) >= 11 is 0. The summed E-state index contributed by atoms with van der Waals surface area (Å²) in [4.78, 5) is 0. The van der Waals surface area contributed by atoms with Crippen LogP contribution in [0.5, 0.6) is 0 Å². The van der Waals surface area contributed by atoms with E-state index in [1.165, 1.54) is 0 Å². The first-order valence-corrected chi connectivity index (χ1v) is 10.4. The number of unbranched alkanes of at least 4 members (excludes halogenated alkanes) is 2. The Hall–Kier alpha value is -3.09. The van der Waals surface area contributed by atoms with Gasteiger partial charge in [-0.1, -0.05) is 44.0 Å². The van der Waals surface area contributed by atoms with Crippen molar-refractivity contribution in [1.29, 1.82) is 0 Å². The van der Waals surface area contributed by atoms with Crippen molar-refractivity contribution in [2.45, 2.75) is 38.8 Å². The van der Waals surface area contributed by atoms with E-state index < -0.39 is 46.1 Å². The second-order valence-electron chi connectivity index (χ2n) is 7.70. The molecule has 7 heteroatoms. The second-order valence-corrected chi connectivity index (χ2v) is 7.70. The molecular weight excluding hydrogens is 445 g/mol. The fraction of sp³-hybridized carbons (Fsp3) is 0.231. The molecule has 0 saturated heterocycles. The van der Waals surface area contributed by atoms with Crippen LogP contribution in [-0.4, -0.2) is 6.18 Å². The van der Waals surface area contributed by atoms with E-state index in [0.29, 0.717) is 17.7 Å². The van der Waals surface area contributed by atoms with Crippen LogP contribution in [0, 0.1) is 23.3 Å². The molecule has 0 fully saturated rings. The molecule has 0 aliphatic heterocycles. The summed E-state index contributed by atoms with van der Waals surface area (Å²) in [5.74, 6) is -4.83. The highest BCUT2D eigenvalue weighted by Crippen LogP contribution is 2.33. The molecule has 33 heavy (non-hydrogen) atoms. The lowest BCUT2D eigenvalue weighted by Gasteiger charge is -2.11. The maximum absolute atomic E-state index is 14.8. The van der Waals surface area contributed by atoms with Crippen molar-refractivity contribution < 1.29 is 30.7 Å². The molecule has 0 aromatic heterocycles. The Morgan fingerprint density at radius 1 is 0.697 bits per heavy atom. The summed E-state index contributed by atoms with van der Waals surface area (Å²) in [5.41, 5.74) is -0.146. The van der Waals surface area contributed by atoms with Gasteiger partial charge in [-0.25, -0.2) is 17.6 Å². The molecule has 0 unspecified atom stereocenters. The molecule has 0 bridgehead atoms. The molecule has 0 spiro atoms. The van der Waals surface area contributed by atoms with E-state index in [1.807, 2.05) is 12.1 Å². The van der Waals surface area contributed by atoms with E-state index in [1.54, 1.807) is 12.1 Å². The molecule has 3 aromatic rings. The van der Waals surface area contributed by atoms with Gasteiger partial charge in [-0.05, 0) is 65.4 Å². The molecule has 0 amide bonds. The van der Waals surface area contributed by atoms with Crippen LogP contribution in [-0.2, 0) is 6.42 Å². The van der Waals surface area contributed by atoms with E-state index in [0.717, 1.165) is 43.4 Å². The van der Waals surface area contributed by atoms with Crippen molar-refractivity contribution in [3.05, 3.63) is 89.0 Å².